The van der Waals surface area contributed by atoms with Gasteiger partial charge in [-0.05, 0) is 29.4 Å². The van der Waals surface area contributed by atoms with Crippen LogP contribution in [0.4, 0.5) is 0 Å². The lowest BCUT2D eigenvalue weighted by atomic mass is 10.0. The molecular formula is C14H17NO4S. The molecule has 2 N–H and O–H groups in total. The Labute approximate surface area is 122 Å². The van der Waals surface area contributed by atoms with Gasteiger partial charge in [0.05, 0.1) is 0 Å². The second-order valence-corrected chi connectivity index (χ2v) is 5.39. The highest BCUT2D eigenvalue weighted by molar-refractivity contribution is 7.80. The first-order chi connectivity index (χ1) is 9.51. The van der Waals surface area contributed by atoms with E-state index in [0.29, 0.717) is 24.3 Å². The van der Waals surface area contributed by atoms with Gasteiger partial charge < -0.3 is 15.1 Å². The first-order valence-corrected chi connectivity index (χ1v) is 7.05. The molecule has 5 nitrogen and oxygen atoms in total. The van der Waals surface area contributed by atoms with Crippen LogP contribution in [-0.2, 0) is 16.0 Å². The Hall–Kier alpha value is -1.69. The van der Waals surface area contributed by atoms with Crippen molar-refractivity contribution in [2.75, 3.05) is 12.3 Å². The van der Waals surface area contributed by atoms with Crippen LogP contribution in [0.1, 0.15) is 12.0 Å². The highest BCUT2D eigenvalue weighted by atomic mass is 32.1. The fraction of sp³-hybridized carbons (Fsp3) is 0.429. The van der Waals surface area contributed by atoms with Gasteiger partial charge in [-0.25, -0.2) is 4.79 Å². The normalized spacial score (nSPS) is 20.1. The number of phenolic OH excluding ortho intramolecular Hbond substituents is 1. The molecule has 1 saturated heterocycles. The topological polar surface area (TPSA) is 77.8 Å². The lowest BCUT2D eigenvalue weighted by Gasteiger charge is -2.24. The molecule has 1 aliphatic rings. The van der Waals surface area contributed by atoms with Crippen molar-refractivity contribution in [2.45, 2.75) is 18.9 Å². The zero-order valence-corrected chi connectivity index (χ0v) is 11.8. The fourth-order valence-corrected chi connectivity index (χ4v) is 2.71. The molecule has 0 aliphatic carbocycles. The van der Waals surface area contributed by atoms with Crippen LogP contribution >= 0.6 is 12.6 Å². The third-order valence-electron chi connectivity index (χ3n) is 3.50. The summed E-state index contributed by atoms with van der Waals surface area (Å²) < 4.78 is 0. The number of thiol groups is 1. The highest BCUT2D eigenvalue weighted by Crippen LogP contribution is 2.23. The summed E-state index contributed by atoms with van der Waals surface area (Å²) >= 11 is 4.17. The predicted octanol–water partition coefficient (Wildman–Crippen LogP) is 1.17. The molecule has 108 valence electrons. The Morgan fingerprint density at radius 2 is 2.25 bits per heavy atom. The standard InChI is InChI=1S/C14H17NO4S/c16-11-3-1-2-9(4-11)5-12(14(18)19)15-7-10(8-20)6-13(15)17/h1-4,10,12,16,20H,5-8H2,(H,18,19)/t10?,12-/m0/s1. The van der Waals surface area contributed by atoms with Gasteiger partial charge in [-0.15, -0.1) is 0 Å². The van der Waals surface area contributed by atoms with Gasteiger partial charge >= 0.3 is 5.97 Å². The SMILES string of the molecule is O=C(O)[C@H](Cc1cccc(O)c1)N1CC(CS)CC1=O. The Kier molecular flexibility index (Phi) is 4.54. The van der Waals surface area contributed by atoms with Crippen molar-refractivity contribution in [3.05, 3.63) is 29.8 Å². The number of nitrogens with zero attached hydrogens (tertiary/aromatic N) is 1. The van der Waals surface area contributed by atoms with E-state index in [9.17, 15) is 19.8 Å². The van der Waals surface area contributed by atoms with Gasteiger partial charge in [0.25, 0.3) is 0 Å². The molecule has 0 radical (unpaired) electrons. The number of rotatable bonds is 5. The lowest BCUT2D eigenvalue weighted by Crippen LogP contribution is -2.43. The van der Waals surface area contributed by atoms with E-state index in [-0.39, 0.29) is 24.0 Å². The highest BCUT2D eigenvalue weighted by Gasteiger charge is 2.37. The maximum atomic E-state index is 11.9. The molecule has 20 heavy (non-hydrogen) atoms. The average Bonchev–Trinajstić information content (AvgIpc) is 2.77. The third-order valence-corrected chi connectivity index (χ3v) is 4.01. The number of carboxylic acid groups (broad SMARTS) is 1. The molecule has 0 bridgehead atoms. The van der Waals surface area contributed by atoms with Crippen LogP contribution in [0.2, 0.25) is 0 Å². The molecule has 1 aromatic carbocycles. The van der Waals surface area contributed by atoms with Gasteiger partial charge in [0.2, 0.25) is 5.91 Å². The van der Waals surface area contributed by atoms with Crippen molar-refractivity contribution >= 4 is 24.5 Å². The smallest absolute Gasteiger partial charge is 0.326 e. The van der Waals surface area contributed by atoms with Crippen molar-refractivity contribution in [3.8, 4) is 5.75 Å². The largest absolute Gasteiger partial charge is 0.508 e. The maximum Gasteiger partial charge on any atom is 0.326 e. The second kappa shape index (κ2) is 6.17. The summed E-state index contributed by atoms with van der Waals surface area (Å²) in [5.74, 6) is -0.400. The number of likely N-dealkylation sites (tertiary alicyclic amines) is 1. The van der Waals surface area contributed by atoms with Crippen LogP contribution in [0.3, 0.4) is 0 Å². The van der Waals surface area contributed by atoms with E-state index >= 15 is 0 Å². The van der Waals surface area contributed by atoms with E-state index in [1.54, 1.807) is 12.1 Å². The van der Waals surface area contributed by atoms with Crippen LogP contribution in [0.15, 0.2) is 24.3 Å². The van der Waals surface area contributed by atoms with Crippen molar-refractivity contribution < 1.29 is 19.8 Å². The Morgan fingerprint density at radius 3 is 2.80 bits per heavy atom. The lowest BCUT2D eigenvalue weighted by molar-refractivity contribution is -0.148. The fourth-order valence-electron chi connectivity index (χ4n) is 2.47. The van der Waals surface area contributed by atoms with E-state index in [4.69, 9.17) is 0 Å². The summed E-state index contributed by atoms with van der Waals surface area (Å²) in [5, 5.41) is 18.8. The maximum absolute atomic E-state index is 11.9. The molecule has 1 heterocycles. The summed E-state index contributed by atoms with van der Waals surface area (Å²) in [4.78, 5) is 24.8. The summed E-state index contributed by atoms with van der Waals surface area (Å²) in [5.41, 5.74) is 0.694. The number of carboxylic acids is 1. The first-order valence-electron chi connectivity index (χ1n) is 6.42. The third kappa shape index (κ3) is 3.25. The van der Waals surface area contributed by atoms with Gasteiger partial charge in [-0.3, -0.25) is 4.79 Å². The van der Waals surface area contributed by atoms with Gasteiger partial charge in [-0.2, -0.15) is 12.6 Å². The van der Waals surface area contributed by atoms with E-state index in [2.05, 4.69) is 12.6 Å². The van der Waals surface area contributed by atoms with E-state index < -0.39 is 12.0 Å². The quantitative estimate of drug-likeness (QED) is 0.713. The Balaban J connectivity index is 2.16. The number of amides is 1. The van der Waals surface area contributed by atoms with Crippen molar-refractivity contribution in [2.24, 2.45) is 5.92 Å². The van der Waals surface area contributed by atoms with Crippen LogP contribution in [0, 0.1) is 5.92 Å². The second-order valence-electron chi connectivity index (χ2n) is 5.03. The van der Waals surface area contributed by atoms with Crippen LogP contribution in [-0.4, -0.2) is 45.3 Å². The van der Waals surface area contributed by atoms with Gasteiger partial charge in [-0.1, -0.05) is 12.1 Å². The number of aliphatic carboxylic acids is 1. The van der Waals surface area contributed by atoms with Crippen LogP contribution in [0.25, 0.3) is 0 Å². The van der Waals surface area contributed by atoms with Gasteiger partial charge in [0, 0.05) is 19.4 Å². The van der Waals surface area contributed by atoms with Gasteiger partial charge in [0.1, 0.15) is 11.8 Å². The first kappa shape index (κ1) is 14.7. The molecule has 1 aromatic rings. The molecule has 6 heteroatoms. The predicted molar refractivity (Wildman–Crippen MR) is 76.9 cm³/mol. The molecule has 0 saturated carbocycles. The van der Waals surface area contributed by atoms with Gasteiger partial charge in [0.15, 0.2) is 0 Å². The van der Waals surface area contributed by atoms with Crippen LogP contribution < -0.4 is 0 Å². The van der Waals surface area contributed by atoms with Crippen molar-refractivity contribution in [1.29, 1.82) is 0 Å². The zero-order valence-electron chi connectivity index (χ0n) is 10.9. The summed E-state index contributed by atoms with van der Waals surface area (Å²) in [6.45, 7) is 0.429. The molecule has 2 atom stereocenters. The zero-order chi connectivity index (χ0) is 14.7. The van der Waals surface area contributed by atoms with E-state index in [1.807, 2.05) is 0 Å². The molecule has 0 aromatic heterocycles. The Morgan fingerprint density at radius 1 is 1.50 bits per heavy atom. The minimum atomic E-state index is -1.03. The summed E-state index contributed by atoms with van der Waals surface area (Å²) in [7, 11) is 0. The molecular weight excluding hydrogens is 278 g/mol. The number of aromatic hydroxyl groups is 1. The minimum absolute atomic E-state index is 0.0904. The summed E-state index contributed by atoms with van der Waals surface area (Å²) in [6, 6.07) is 5.55. The number of carbonyl (C=O) groups excluding carboxylic acids is 1. The number of carbonyl (C=O) groups is 2. The molecule has 1 amide bonds. The molecule has 1 aliphatic heterocycles. The Bertz CT molecular complexity index is 520. The number of benzene rings is 1. The number of phenols is 1. The number of hydrogen-bond acceptors (Lipinski definition) is 4. The van der Waals surface area contributed by atoms with Crippen LogP contribution in [0.5, 0.6) is 5.75 Å². The van der Waals surface area contributed by atoms with E-state index in [0.717, 1.165) is 0 Å². The van der Waals surface area contributed by atoms with Crippen molar-refractivity contribution in [3.63, 3.8) is 0 Å². The van der Waals surface area contributed by atoms with E-state index in [1.165, 1.54) is 17.0 Å². The minimum Gasteiger partial charge on any atom is -0.508 e. The molecule has 1 unspecified atom stereocenters. The molecule has 2 rings (SSSR count). The average molecular weight is 295 g/mol. The molecule has 0 spiro atoms. The monoisotopic (exact) mass is 295 g/mol. The summed E-state index contributed by atoms with van der Waals surface area (Å²) in [6.07, 6.45) is 0.544. The van der Waals surface area contributed by atoms with Crippen molar-refractivity contribution in [1.82, 2.24) is 4.90 Å². The molecule has 1 fully saturated rings. The number of hydrogen-bond donors (Lipinski definition) is 3.